The molecule has 2 rings (SSSR count). The first-order valence-corrected chi connectivity index (χ1v) is 3.95. The van der Waals surface area contributed by atoms with Gasteiger partial charge in [-0.05, 0) is 25.3 Å². The first-order valence-electron chi connectivity index (χ1n) is 3.95. The van der Waals surface area contributed by atoms with E-state index in [1.165, 1.54) is 6.08 Å². The zero-order chi connectivity index (χ0) is 7.84. The average Bonchev–Trinajstić information content (AvgIpc) is 2.45. The van der Waals surface area contributed by atoms with E-state index in [0.717, 1.165) is 19.4 Å². The van der Waals surface area contributed by atoms with E-state index in [1.54, 1.807) is 4.90 Å². The summed E-state index contributed by atoms with van der Waals surface area (Å²) in [7, 11) is 0. The number of amides is 1. The maximum absolute atomic E-state index is 12.7. The normalized spacial score (nSPS) is 30.3. The van der Waals surface area contributed by atoms with Gasteiger partial charge < -0.3 is 4.90 Å². The molecule has 2 aliphatic rings. The van der Waals surface area contributed by atoms with E-state index in [-0.39, 0.29) is 0 Å². The van der Waals surface area contributed by atoms with Crippen molar-refractivity contribution in [1.29, 1.82) is 0 Å². The van der Waals surface area contributed by atoms with Gasteiger partial charge in [-0.25, -0.2) is 4.39 Å². The van der Waals surface area contributed by atoms with Crippen molar-refractivity contribution in [1.82, 2.24) is 4.90 Å². The van der Waals surface area contributed by atoms with E-state index >= 15 is 0 Å². The topological polar surface area (TPSA) is 20.3 Å². The molecule has 60 valence electrons. The SMILES string of the molecule is O=C1C(F)=CC[C@@H]2CCCN12. The fourth-order valence-corrected chi connectivity index (χ4v) is 1.81. The highest BCUT2D eigenvalue weighted by Gasteiger charge is 2.33. The lowest BCUT2D eigenvalue weighted by atomic mass is 10.1. The molecule has 0 aromatic heterocycles. The molecule has 1 saturated heterocycles. The molecule has 0 bridgehead atoms. The molecule has 1 amide bonds. The van der Waals surface area contributed by atoms with Gasteiger partial charge in [0.15, 0.2) is 5.83 Å². The number of hydrogen-bond donors (Lipinski definition) is 0. The average molecular weight is 155 g/mol. The number of hydrogen-bond acceptors (Lipinski definition) is 1. The van der Waals surface area contributed by atoms with Crippen molar-refractivity contribution in [2.24, 2.45) is 0 Å². The number of carbonyl (C=O) groups excluding carboxylic acids is 1. The molecule has 0 aromatic carbocycles. The van der Waals surface area contributed by atoms with Crippen LogP contribution >= 0.6 is 0 Å². The van der Waals surface area contributed by atoms with Crippen LogP contribution in [0.1, 0.15) is 19.3 Å². The Morgan fingerprint density at radius 1 is 1.64 bits per heavy atom. The number of fused-ring (bicyclic) bond motifs is 1. The Balaban J connectivity index is 2.24. The van der Waals surface area contributed by atoms with Gasteiger partial charge in [-0.3, -0.25) is 4.79 Å². The van der Waals surface area contributed by atoms with Gasteiger partial charge in [-0.2, -0.15) is 0 Å². The van der Waals surface area contributed by atoms with E-state index in [2.05, 4.69) is 0 Å². The summed E-state index contributed by atoms with van der Waals surface area (Å²) >= 11 is 0. The minimum atomic E-state index is -0.567. The maximum atomic E-state index is 12.7. The Morgan fingerprint density at radius 3 is 3.27 bits per heavy atom. The van der Waals surface area contributed by atoms with Crippen molar-refractivity contribution in [2.45, 2.75) is 25.3 Å². The van der Waals surface area contributed by atoms with Crippen molar-refractivity contribution in [2.75, 3.05) is 6.54 Å². The van der Waals surface area contributed by atoms with Crippen LogP contribution < -0.4 is 0 Å². The molecule has 2 aliphatic heterocycles. The van der Waals surface area contributed by atoms with Gasteiger partial charge in [-0.1, -0.05) is 0 Å². The highest BCUT2D eigenvalue weighted by Crippen LogP contribution is 2.27. The molecule has 0 N–H and O–H groups in total. The van der Waals surface area contributed by atoms with Crippen molar-refractivity contribution in [3.63, 3.8) is 0 Å². The Bertz CT molecular complexity index is 224. The zero-order valence-corrected chi connectivity index (χ0v) is 6.22. The van der Waals surface area contributed by atoms with E-state index in [9.17, 15) is 9.18 Å². The largest absolute Gasteiger partial charge is 0.333 e. The molecule has 11 heavy (non-hydrogen) atoms. The second-order valence-electron chi connectivity index (χ2n) is 3.08. The minimum absolute atomic E-state index is 0.294. The van der Waals surface area contributed by atoms with Crippen molar-refractivity contribution >= 4 is 5.91 Å². The molecule has 2 heterocycles. The molecule has 2 nitrogen and oxygen atoms in total. The predicted octanol–water partition coefficient (Wildman–Crippen LogP) is 1.23. The summed E-state index contributed by atoms with van der Waals surface area (Å²) in [6.45, 7) is 0.741. The van der Waals surface area contributed by atoms with Gasteiger partial charge in [0, 0.05) is 12.6 Å². The highest BCUT2D eigenvalue weighted by atomic mass is 19.1. The fourth-order valence-electron chi connectivity index (χ4n) is 1.81. The second kappa shape index (κ2) is 2.32. The fraction of sp³-hybridized carbons (Fsp3) is 0.625. The van der Waals surface area contributed by atoms with Crippen LogP contribution in [-0.2, 0) is 4.79 Å². The van der Waals surface area contributed by atoms with Gasteiger partial charge in [0.05, 0.1) is 0 Å². The summed E-state index contributed by atoms with van der Waals surface area (Å²) in [6.07, 6.45) is 4.18. The molecular weight excluding hydrogens is 145 g/mol. The first-order chi connectivity index (χ1) is 5.29. The number of nitrogens with zero attached hydrogens (tertiary/aromatic N) is 1. The van der Waals surface area contributed by atoms with Crippen LogP contribution in [0, 0.1) is 0 Å². The van der Waals surface area contributed by atoms with Gasteiger partial charge in [0.1, 0.15) is 0 Å². The van der Waals surface area contributed by atoms with Crippen LogP contribution in [0.2, 0.25) is 0 Å². The smallest absolute Gasteiger partial charge is 0.282 e. The summed E-state index contributed by atoms with van der Waals surface area (Å²) in [5, 5.41) is 0. The summed E-state index contributed by atoms with van der Waals surface area (Å²) in [5.41, 5.74) is 0. The van der Waals surface area contributed by atoms with Gasteiger partial charge in [0.2, 0.25) is 0 Å². The van der Waals surface area contributed by atoms with E-state index in [1.807, 2.05) is 0 Å². The predicted molar refractivity (Wildman–Crippen MR) is 38.5 cm³/mol. The molecule has 0 aliphatic carbocycles. The number of rotatable bonds is 0. The van der Waals surface area contributed by atoms with Crippen molar-refractivity contribution in [3.05, 3.63) is 11.9 Å². The van der Waals surface area contributed by atoms with Gasteiger partial charge in [0.25, 0.3) is 5.91 Å². The lowest BCUT2D eigenvalue weighted by Crippen LogP contribution is -2.38. The Hall–Kier alpha value is -0.860. The number of halogens is 1. The second-order valence-corrected chi connectivity index (χ2v) is 3.08. The molecule has 3 heteroatoms. The molecular formula is C8H10FNO. The minimum Gasteiger partial charge on any atom is -0.333 e. The summed E-state index contributed by atoms with van der Waals surface area (Å²) < 4.78 is 12.7. The third-order valence-electron chi connectivity index (χ3n) is 2.41. The van der Waals surface area contributed by atoms with Crippen LogP contribution in [0.15, 0.2) is 11.9 Å². The third kappa shape index (κ3) is 0.951. The van der Waals surface area contributed by atoms with Crippen LogP contribution in [0.5, 0.6) is 0 Å². The summed E-state index contributed by atoms with van der Waals surface area (Å²) in [4.78, 5) is 12.7. The molecule has 1 fully saturated rings. The Kier molecular flexibility index (Phi) is 1.44. The summed E-state index contributed by atoms with van der Waals surface area (Å²) in [5.74, 6) is -0.970. The molecule has 0 saturated carbocycles. The van der Waals surface area contributed by atoms with Gasteiger partial charge in [-0.15, -0.1) is 0 Å². The number of carbonyl (C=O) groups is 1. The lowest BCUT2D eigenvalue weighted by Gasteiger charge is -2.26. The highest BCUT2D eigenvalue weighted by molar-refractivity contribution is 5.92. The molecule has 0 spiro atoms. The zero-order valence-electron chi connectivity index (χ0n) is 6.22. The Labute approximate surface area is 64.7 Å². The van der Waals surface area contributed by atoms with Gasteiger partial charge >= 0.3 is 0 Å². The van der Waals surface area contributed by atoms with E-state index in [0.29, 0.717) is 12.5 Å². The lowest BCUT2D eigenvalue weighted by molar-refractivity contribution is -0.130. The maximum Gasteiger partial charge on any atom is 0.282 e. The van der Waals surface area contributed by atoms with Crippen molar-refractivity contribution in [3.8, 4) is 0 Å². The van der Waals surface area contributed by atoms with Crippen LogP contribution in [-0.4, -0.2) is 23.4 Å². The summed E-state index contributed by atoms with van der Waals surface area (Å²) in [6, 6.07) is 0.294. The quantitative estimate of drug-likeness (QED) is 0.515. The monoisotopic (exact) mass is 155 g/mol. The standard InChI is InChI=1S/C8H10FNO/c9-7-4-3-6-2-1-5-10(6)8(7)11/h4,6H,1-3,5H2/t6-/m0/s1. The Morgan fingerprint density at radius 2 is 2.45 bits per heavy atom. The third-order valence-corrected chi connectivity index (χ3v) is 2.41. The van der Waals surface area contributed by atoms with E-state index in [4.69, 9.17) is 0 Å². The van der Waals surface area contributed by atoms with Crippen LogP contribution in [0.4, 0.5) is 4.39 Å². The van der Waals surface area contributed by atoms with E-state index < -0.39 is 11.7 Å². The molecule has 0 unspecified atom stereocenters. The first kappa shape index (κ1) is 6.83. The van der Waals surface area contributed by atoms with Crippen molar-refractivity contribution < 1.29 is 9.18 Å². The van der Waals surface area contributed by atoms with Crippen LogP contribution in [0.3, 0.4) is 0 Å². The van der Waals surface area contributed by atoms with Crippen LogP contribution in [0.25, 0.3) is 0 Å². The molecule has 1 atom stereocenters. The molecule has 0 radical (unpaired) electrons. The molecule has 0 aromatic rings.